The van der Waals surface area contributed by atoms with Crippen molar-refractivity contribution in [3.05, 3.63) is 59.7 Å². The van der Waals surface area contributed by atoms with Gasteiger partial charge in [-0.2, -0.15) is 5.10 Å². The van der Waals surface area contributed by atoms with E-state index < -0.39 is 11.6 Å². The first kappa shape index (κ1) is 21.0. The molecule has 28 heavy (non-hydrogen) atoms. The Morgan fingerprint density at radius 1 is 1.07 bits per heavy atom. The first-order chi connectivity index (χ1) is 13.3. The Bertz CT molecular complexity index is 839. The molecule has 0 bridgehead atoms. The van der Waals surface area contributed by atoms with Crippen molar-refractivity contribution in [2.45, 2.75) is 26.4 Å². The molecule has 0 unspecified atom stereocenters. The zero-order valence-electron chi connectivity index (χ0n) is 16.4. The molecule has 2 aromatic carbocycles. The minimum Gasteiger partial charge on any atom is -0.497 e. The molecule has 0 heterocycles. The van der Waals surface area contributed by atoms with Crippen LogP contribution in [0.25, 0.3) is 0 Å². The van der Waals surface area contributed by atoms with Crippen LogP contribution in [0.2, 0.25) is 0 Å². The van der Waals surface area contributed by atoms with E-state index in [-0.39, 0.29) is 12.5 Å². The molecule has 0 radical (unpaired) electrons. The van der Waals surface area contributed by atoms with Crippen molar-refractivity contribution >= 4 is 18.1 Å². The second-order valence-electron chi connectivity index (χ2n) is 6.88. The third kappa shape index (κ3) is 7.11. The molecule has 0 atom stereocenters. The SMILES string of the molecule is COc1cccc(C(=O)N/N=C\c2ccc(OCC(=O)OC(C)(C)C)cc2)c1. The summed E-state index contributed by atoms with van der Waals surface area (Å²) in [4.78, 5) is 23.7. The van der Waals surface area contributed by atoms with Gasteiger partial charge in [0.1, 0.15) is 17.1 Å². The third-order valence-corrected chi connectivity index (χ3v) is 3.37. The van der Waals surface area contributed by atoms with E-state index in [9.17, 15) is 9.59 Å². The molecule has 0 aliphatic carbocycles. The molecule has 0 aliphatic heterocycles. The van der Waals surface area contributed by atoms with Gasteiger partial charge in [0.25, 0.3) is 5.91 Å². The zero-order valence-corrected chi connectivity index (χ0v) is 16.4. The fourth-order valence-corrected chi connectivity index (χ4v) is 2.16. The van der Waals surface area contributed by atoms with Crippen molar-refractivity contribution in [2.75, 3.05) is 13.7 Å². The van der Waals surface area contributed by atoms with E-state index in [1.54, 1.807) is 69.3 Å². The van der Waals surface area contributed by atoms with Crippen molar-refractivity contribution in [1.82, 2.24) is 5.43 Å². The lowest BCUT2D eigenvalue weighted by Crippen LogP contribution is -2.27. The van der Waals surface area contributed by atoms with Gasteiger partial charge < -0.3 is 14.2 Å². The summed E-state index contributed by atoms with van der Waals surface area (Å²) in [7, 11) is 1.54. The van der Waals surface area contributed by atoms with Crippen molar-refractivity contribution < 1.29 is 23.8 Å². The summed E-state index contributed by atoms with van der Waals surface area (Å²) in [5.74, 6) is 0.355. The molecule has 0 fully saturated rings. The van der Waals surface area contributed by atoms with E-state index in [2.05, 4.69) is 10.5 Å². The highest BCUT2D eigenvalue weighted by atomic mass is 16.6. The van der Waals surface area contributed by atoms with Gasteiger partial charge in [-0.25, -0.2) is 10.2 Å². The van der Waals surface area contributed by atoms with Crippen LogP contribution in [-0.4, -0.2) is 37.4 Å². The van der Waals surface area contributed by atoms with Gasteiger partial charge in [-0.1, -0.05) is 6.07 Å². The van der Waals surface area contributed by atoms with Gasteiger partial charge in [0.2, 0.25) is 0 Å². The smallest absolute Gasteiger partial charge is 0.344 e. The van der Waals surface area contributed by atoms with Gasteiger partial charge in [0.05, 0.1) is 13.3 Å². The number of carbonyl (C=O) groups excluding carboxylic acids is 2. The van der Waals surface area contributed by atoms with E-state index >= 15 is 0 Å². The molecular formula is C21H24N2O5. The molecule has 1 N–H and O–H groups in total. The molecule has 148 valence electrons. The van der Waals surface area contributed by atoms with E-state index in [1.165, 1.54) is 13.3 Å². The van der Waals surface area contributed by atoms with Crippen LogP contribution in [0, 0.1) is 0 Å². The van der Waals surface area contributed by atoms with Gasteiger partial charge in [0.15, 0.2) is 6.61 Å². The second-order valence-corrected chi connectivity index (χ2v) is 6.88. The maximum atomic E-state index is 12.1. The number of hydrazone groups is 1. The number of esters is 1. The normalized spacial score (nSPS) is 11.1. The number of nitrogens with one attached hydrogen (secondary N) is 1. The van der Waals surface area contributed by atoms with E-state index in [4.69, 9.17) is 14.2 Å². The van der Waals surface area contributed by atoms with Gasteiger partial charge in [-0.05, 0) is 68.8 Å². The molecule has 0 saturated heterocycles. The molecule has 2 rings (SSSR count). The minimum absolute atomic E-state index is 0.165. The summed E-state index contributed by atoms with van der Waals surface area (Å²) in [6.45, 7) is 5.23. The first-order valence-electron chi connectivity index (χ1n) is 8.69. The lowest BCUT2D eigenvalue weighted by Gasteiger charge is -2.19. The number of hydrogen-bond donors (Lipinski definition) is 1. The maximum Gasteiger partial charge on any atom is 0.344 e. The summed E-state index contributed by atoms with van der Waals surface area (Å²) < 4.78 is 15.7. The molecule has 0 saturated carbocycles. The quantitative estimate of drug-likeness (QED) is 0.450. The van der Waals surface area contributed by atoms with E-state index in [0.717, 1.165) is 5.56 Å². The number of hydrogen-bond acceptors (Lipinski definition) is 6. The fraction of sp³-hybridized carbons (Fsp3) is 0.286. The highest BCUT2D eigenvalue weighted by molar-refractivity contribution is 5.95. The summed E-state index contributed by atoms with van der Waals surface area (Å²) in [5.41, 5.74) is 3.12. The summed E-state index contributed by atoms with van der Waals surface area (Å²) >= 11 is 0. The predicted octanol–water partition coefficient (Wildman–Crippen LogP) is 3.18. The van der Waals surface area contributed by atoms with Gasteiger partial charge in [0, 0.05) is 5.56 Å². The molecule has 2 aromatic rings. The summed E-state index contributed by atoms with van der Waals surface area (Å²) in [6.07, 6.45) is 1.51. The number of benzene rings is 2. The molecule has 7 heteroatoms. The Balaban J connectivity index is 1.84. The van der Waals surface area contributed by atoms with Gasteiger partial charge in [-0.3, -0.25) is 4.79 Å². The first-order valence-corrected chi connectivity index (χ1v) is 8.69. The van der Waals surface area contributed by atoms with Gasteiger partial charge >= 0.3 is 5.97 Å². The van der Waals surface area contributed by atoms with Crippen molar-refractivity contribution in [2.24, 2.45) is 5.10 Å². The number of ether oxygens (including phenoxy) is 3. The second kappa shape index (κ2) is 9.55. The summed E-state index contributed by atoms with van der Waals surface area (Å²) in [6, 6.07) is 13.7. The Morgan fingerprint density at radius 2 is 1.79 bits per heavy atom. The molecule has 7 nitrogen and oxygen atoms in total. The van der Waals surface area contributed by atoms with Crippen LogP contribution in [0.3, 0.4) is 0 Å². The van der Waals surface area contributed by atoms with Crippen molar-refractivity contribution in [3.63, 3.8) is 0 Å². The van der Waals surface area contributed by atoms with Crippen LogP contribution in [-0.2, 0) is 9.53 Å². The predicted molar refractivity (Wildman–Crippen MR) is 106 cm³/mol. The van der Waals surface area contributed by atoms with Crippen LogP contribution in [0.1, 0.15) is 36.7 Å². The Hall–Kier alpha value is -3.35. The monoisotopic (exact) mass is 384 g/mol. The standard InChI is InChI=1S/C21H24N2O5/c1-21(2,3)28-19(24)14-27-17-10-8-15(9-11-17)13-22-23-20(25)16-6-5-7-18(12-16)26-4/h5-13H,14H2,1-4H3,(H,23,25)/b22-13-. The number of methoxy groups -OCH3 is 1. The Labute approximate surface area is 164 Å². The van der Waals surface area contributed by atoms with Crippen LogP contribution in [0.5, 0.6) is 11.5 Å². The molecule has 1 amide bonds. The summed E-state index contributed by atoms with van der Waals surface area (Å²) in [5, 5.41) is 3.94. The number of carbonyl (C=O) groups is 2. The topological polar surface area (TPSA) is 86.2 Å². The minimum atomic E-state index is -0.546. The van der Waals surface area contributed by atoms with Crippen LogP contribution in [0.15, 0.2) is 53.6 Å². The number of rotatable bonds is 7. The third-order valence-electron chi connectivity index (χ3n) is 3.37. The van der Waals surface area contributed by atoms with E-state index in [1.807, 2.05) is 0 Å². The molecule has 0 aromatic heterocycles. The average molecular weight is 384 g/mol. The van der Waals surface area contributed by atoms with Gasteiger partial charge in [-0.15, -0.1) is 0 Å². The molecular weight excluding hydrogens is 360 g/mol. The lowest BCUT2D eigenvalue weighted by molar-refractivity contribution is -0.157. The molecule has 0 spiro atoms. The Morgan fingerprint density at radius 3 is 2.43 bits per heavy atom. The number of amides is 1. The molecule has 0 aliphatic rings. The zero-order chi connectivity index (χ0) is 20.6. The highest BCUT2D eigenvalue weighted by Gasteiger charge is 2.16. The lowest BCUT2D eigenvalue weighted by atomic mass is 10.2. The van der Waals surface area contributed by atoms with Crippen LogP contribution >= 0.6 is 0 Å². The van der Waals surface area contributed by atoms with Crippen LogP contribution < -0.4 is 14.9 Å². The van der Waals surface area contributed by atoms with Crippen molar-refractivity contribution in [1.29, 1.82) is 0 Å². The maximum absolute atomic E-state index is 12.1. The fourth-order valence-electron chi connectivity index (χ4n) is 2.16. The Kier molecular flexibility index (Phi) is 7.14. The highest BCUT2D eigenvalue weighted by Crippen LogP contribution is 2.13. The average Bonchev–Trinajstić information content (AvgIpc) is 2.66. The van der Waals surface area contributed by atoms with Crippen LogP contribution in [0.4, 0.5) is 0 Å². The largest absolute Gasteiger partial charge is 0.497 e. The van der Waals surface area contributed by atoms with E-state index in [0.29, 0.717) is 17.1 Å². The van der Waals surface area contributed by atoms with Crippen molar-refractivity contribution in [3.8, 4) is 11.5 Å². The number of nitrogens with zero attached hydrogens (tertiary/aromatic N) is 1.